The monoisotopic (exact) mass is 637 g/mol. The van der Waals surface area contributed by atoms with Crippen molar-refractivity contribution in [2.45, 2.75) is 24.7 Å². The van der Waals surface area contributed by atoms with Crippen LogP contribution in [0.2, 0.25) is 0 Å². The van der Waals surface area contributed by atoms with E-state index in [-0.39, 0.29) is 11.8 Å². The predicted molar refractivity (Wildman–Crippen MR) is 211 cm³/mol. The van der Waals surface area contributed by atoms with Crippen molar-refractivity contribution < 1.29 is 0 Å². The number of nitrogens with zero attached hydrogens (tertiary/aromatic N) is 1. The predicted octanol–water partition coefficient (Wildman–Crippen LogP) is 12.5. The van der Waals surface area contributed by atoms with Gasteiger partial charge in [0.05, 0.1) is 5.70 Å². The van der Waals surface area contributed by atoms with Crippen molar-refractivity contribution in [2.24, 2.45) is 4.99 Å². The molecule has 8 aromatic rings. The zero-order valence-electron chi connectivity index (χ0n) is 27.8. The van der Waals surface area contributed by atoms with Gasteiger partial charge in [-0.05, 0) is 89.3 Å². The number of allylic oxidation sites excluding steroid dienone is 2. The van der Waals surface area contributed by atoms with E-state index in [9.17, 15) is 0 Å². The molecule has 1 heterocycles. The molecule has 0 spiro atoms. The minimum absolute atomic E-state index is 0.0885. The van der Waals surface area contributed by atoms with Gasteiger partial charge in [-0.25, -0.2) is 0 Å². The van der Waals surface area contributed by atoms with E-state index in [0.29, 0.717) is 0 Å². The minimum atomic E-state index is 0.0885. The molecule has 8 aromatic carbocycles. The maximum absolute atomic E-state index is 5.73. The summed E-state index contributed by atoms with van der Waals surface area (Å²) < 4.78 is 0. The maximum atomic E-state index is 5.73. The lowest BCUT2D eigenvalue weighted by Crippen LogP contribution is -2.24. The van der Waals surface area contributed by atoms with Gasteiger partial charge in [0, 0.05) is 24.0 Å². The zero-order valence-corrected chi connectivity index (χ0v) is 27.8. The molecule has 0 saturated carbocycles. The second-order valence-electron chi connectivity index (χ2n) is 13.7. The third kappa shape index (κ3) is 4.65. The van der Waals surface area contributed by atoms with Crippen molar-refractivity contribution in [1.82, 2.24) is 0 Å². The normalized spacial score (nSPS) is 17.1. The molecule has 0 aromatic heterocycles. The Morgan fingerprint density at radius 1 is 0.440 bits per heavy atom. The van der Waals surface area contributed by atoms with Gasteiger partial charge in [0.25, 0.3) is 0 Å². The molecule has 0 fully saturated rings. The summed E-state index contributed by atoms with van der Waals surface area (Å²) in [5.41, 5.74) is 13.0. The molecule has 1 nitrogen and oxygen atoms in total. The Kier molecular flexibility index (Phi) is 6.84. The van der Waals surface area contributed by atoms with E-state index in [1.165, 1.54) is 88.2 Å². The van der Waals surface area contributed by atoms with Crippen LogP contribution in [-0.4, -0.2) is 5.71 Å². The lowest BCUT2D eigenvalue weighted by molar-refractivity contribution is 0.736. The molecule has 2 atom stereocenters. The highest BCUT2D eigenvalue weighted by Crippen LogP contribution is 2.53. The van der Waals surface area contributed by atoms with E-state index < -0.39 is 0 Å². The molecule has 0 saturated heterocycles. The molecule has 50 heavy (non-hydrogen) atoms. The van der Waals surface area contributed by atoms with E-state index >= 15 is 0 Å². The summed E-state index contributed by atoms with van der Waals surface area (Å²) in [5, 5.41) is 7.73. The number of rotatable bonds is 4. The van der Waals surface area contributed by atoms with Crippen LogP contribution in [0.4, 0.5) is 0 Å². The molecule has 2 aliphatic rings. The first-order chi connectivity index (χ1) is 24.8. The Hall–Kier alpha value is -6.05. The van der Waals surface area contributed by atoms with E-state index in [2.05, 4.69) is 176 Å². The summed E-state index contributed by atoms with van der Waals surface area (Å²) in [5.74, 6) is 0.294. The van der Waals surface area contributed by atoms with Crippen molar-refractivity contribution in [3.05, 3.63) is 209 Å². The average Bonchev–Trinajstić information content (AvgIpc) is 3.19. The number of benzene rings is 8. The summed E-state index contributed by atoms with van der Waals surface area (Å²) in [6, 6.07) is 64.8. The van der Waals surface area contributed by atoms with Crippen LogP contribution in [0.1, 0.15) is 46.1 Å². The highest BCUT2D eigenvalue weighted by Gasteiger charge is 2.38. The molecule has 0 bridgehead atoms. The summed E-state index contributed by atoms with van der Waals surface area (Å²) in [6.45, 7) is 0. The van der Waals surface area contributed by atoms with Gasteiger partial charge in [-0.3, -0.25) is 4.99 Å². The van der Waals surface area contributed by atoms with Crippen LogP contribution < -0.4 is 0 Å². The van der Waals surface area contributed by atoms with Crippen LogP contribution in [0.25, 0.3) is 49.0 Å². The molecular formula is C49H35N. The molecule has 0 N–H and O–H groups in total. The molecule has 0 radical (unpaired) electrons. The van der Waals surface area contributed by atoms with Gasteiger partial charge in [-0.15, -0.1) is 0 Å². The topological polar surface area (TPSA) is 12.4 Å². The van der Waals surface area contributed by atoms with Crippen molar-refractivity contribution in [1.29, 1.82) is 0 Å². The fourth-order valence-electron chi connectivity index (χ4n) is 8.81. The SMILES string of the molecule is c1ccc(C2=NC3=C(c4ccccc4CC3c3c4ccccc4c(-c4ccc5ccccc5c4)c4ccccc34)C(c3ccccc3)C2)cc1. The molecule has 1 aliphatic heterocycles. The first kappa shape index (κ1) is 28.9. The molecule has 1 heteroatoms. The van der Waals surface area contributed by atoms with Gasteiger partial charge in [0.15, 0.2) is 0 Å². The van der Waals surface area contributed by atoms with Crippen molar-refractivity contribution in [2.75, 3.05) is 0 Å². The van der Waals surface area contributed by atoms with Gasteiger partial charge in [0.2, 0.25) is 0 Å². The first-order valence-corrected chi connectivity index (χ1v) is 17.7. The van der Waals surface area contributed by atoms with Crippen LogP contribution in [0.3, 0.4) is 0 Å². The van der Waals surface area contributed by atoms with E-state index in [1.807, 2.05) is 0 Å². The zero-order chi connectivity index (χ0) is 33.0. The Morgan fingerprint density at radius 2 is 1.04 bits per heavy atom. The van der Waals surface area contributed by atoms with Crippen LogP contribution in [0.15, 0.2) is 187 Å². The summed E-state index contributed by atoms with van der Waals surface area (Å²) in [6.07, 6.45) is 1.78. The second kappa shape index (κ2) is 11.8. The average molecular weight is 638 g/mol. The van der Waals surface area contributed by atoms with Crippen molar-refractivity contribution in [3.63, 3.8) is 0 Å². The second-order valence-corrected chi connectivity index (χ2v) is 13.7. The molecular weight excluding hydrogens is 603 g/mol. The van der Waals surface area contributed by atoms with Crippen LogP contribution >= 0.6 is 0 Å². The quantitative estimate of drug-likeness (QED) is 0.170. The van der Waals surface area contributed by atoms with Crippen LogP contribution in [0.5, 0.6) is 0 Å². The number of hydrogen-bond acceptors (Lipinski definition) is 1. The van der Waals surface area contributed by atoms with Gasteiger partial charge < -0.3 is 0 Å². The fraction of sp³-hybridized carbons (Fsp3) is 0.0816. The highest BCUT2D eigenvalue weighted by molar-refractivity contribution is 6.16. The lowest BCUT2D eigenvalue weighted by atomic mass is 9.69. The number of aliphatic imine (C=N–C) groups is 1. The third-order valence-electron chi connectivity index (χ3n) is 11.0. The van der Waals surface area contributed by atoms with Crippen LogP contribution in [0, 0.1) is 0 Å². The standard InChI is InChI=1S/C49H35N/c1-3-16-33(17-4-1)43-31-45(34-18-5-2-6-19-34)50-49-44(30-36-21-9-10-22-38(36)48(43)49)47-41-25-13-11-23-39(41)46(40-24-12-14-26-42(40)47)37-28-27-32-15-7-8-20-35(32)29-37/h1-29,43-44H,30-31H2. The van der Waals surface area contributed by atoms with Crippen LogP contribution in [-0.2, 0) is 6.42 Å². The Labute approximate surface area is 292 Å². The van der Waals surface area contributed by atoms with E-state index in [4.69, 9.17) is 4.99 Å². The first-order valence-electron chi connectivity index (χ1n) is 17.7. The van der Waals surface area contributed by atoms with Gasteiger partial charge >= 0.3 is 0 Å². The fourth-order valence-corrected chi connectivity index (χ4v) is 8.81. The smallest absolute Gasteiger partial charge is 0.0530 e. The lowest BCUT2D eigenvalue weighted by Gasteiger charge is -2.37. The maximum Gasteiger partial charge on any atom is 0.0530 e. The Balaban J connectivity index is 1.29. The molecule has 0 amide bonds. The molecule has 10 rings (SSSR count). The third-order valence-corrected chi connectivity index (χ3v) is 11.0. The number of fused-ring (bicyclic) bond motifs is 5. The summed E-state index contributed by atoms with van der Waals surface area (Å²) in [4.78, 5) is 5.73. The minimum Gasteiger partial charge on any atom is -0.256 e. The highest BCUT2D eigenvalue weighted by atomic mass is 14.8. The molecule has 1 aliphatic carbocycles. The van der Waals surface area contributed by atoms with E-state index in [1.54, 1.807) is 0 Å². The molecule has 236 valence electrons. The largest absolute Gasteiger partial charge is 0.256 e. The molecule has 2 unspecified atom stereocenters. The van der Waals surface area contributed by atoms with Gasteiger partial charge in [0.1, 0.15) is 0 Å². The van der Waals surface area contributed by atoms with Gasteiger partial charge in [-0.2, -0.15) is 0 Å². The van der Waals surface area contributed by atoms with Crippen molar-refractivity contribution >= 4 is 43.6 Å². The Morgan fingerprint density at radius 3 is 1.78 bits per heavy atom. The van der Waals surface area contributed by atoms with Crippen molar-refractivity contribution in [3.8, 4) is 11.1 Å². The Bertz CT molecular complexity index is 2590. The number of hydrogen-bond donors (Lipinski definition) is 0. The van der Waals surface area contributed by atoms with Gasteiger partial charge in [-0.1, -0.05) is 170 Å². The van der Waals surface area contributed by atoms with E-state index in [0.717, 1.165) is 12.8 Å². The summed E-state index contributed by atoms with van der Waals surface area (Å²) in [7, 11) is 0. The summed E-state index contributed by atoms with van der Waals surface area (Å²) >= 11 is 0.